The minimum absolute atomic E-state index is 0.0238. The maximum Gasteiger partial charge on any atom is 0.130 e. The van der Waals surface area contributed by atoms with Gasteiger partial charge >= 0.3 is 0 Å². The highest BCUT2D eigenvalue weighted by molar-refractivity contribution is 7.07. The minimum Gasteiger partial charge on any atom is -0.302 e. The average Bonchev–Trinajstić information content (AvgIpc) is 2.81. The maximum absolute atomic E-state index is 13.6. The van der Waals surface area contributed by atoms with Crippen LogP contribution in [0.1, 0.15) is 37.2 Å². The van der Waals surface area contributed by atoms with Crippen molar-refractivity contribution in [3.05, 3.63) is 52.0 Å². The highest BCUT2D eigenvalue weighted by Gasteiger charge is 2.15. The second-order valence-electron chi connectivity index (χ2n) is 4.19. The summed E-state index contributed by atoms with van der Waals surface area (Å²) in [5, 5.41) is 5.19. The fourth-order valence-corrected chi connectivity index (χ4v) is 2.49. The number of nitrogens with one attached hydrogen (secondary N) is 1. The van der Waals surface area contributed by atoms with Crippen molar-refractivity contribution < 1.29 is 8.78 Å². The topological polar surface area (TPSA) is 24.9 Å². The molecule has 0 spiro atoms. The second-order valence-corrected chi connectivity index (χ2v) is 4.91. The van der Waals surface area contributed by atoms with Crippen molar-refractivity contribution in [3.8, 4) is 0 Å². The van der Waals surface area contributed by atoms with Crippen LogP contribution in [0.4, 0.5) is 8.78 Å². The van der Waals surface area contributed by atoms with Crippen molar-refractivity contribution in [1.82, 2.24) is 10.3 Å². The molecule has 2 unspecified atom stereocenters. The quantitative estimate of drug-likeness (QED) is 0.911. The van der Waals surface area contributed by atoms with Crippen LogP contribution in [0.3, 0.4) is 0 Å². The molecule has 2 nitrogen and oxygen atoms in total. The van der Waals surface area contributed by atoms with Gasteiger partial charge in [0, 0.05) is 29.1 Å². The van der Waals surface area contributed by atoms with Gasteiger partial charge in [-0.15, -0.1) is 11.3 Å². The number of hydrogen-bond donors (Lipinski definition) is 1. The Bertz CT molecular complexity index is 514. The van der Waals surface area contributed by atoms with Crippen LogP contribution in [-0.2, 0) is 0 Å². The lowest BCUT2D eigenvalue weighted by Crippen LogP contribution is -2.23. The highest BCUT2D eigenvalue weighted by Crippen LogP contribution is 2.21. The predicted molar refractivity (Wildman–Crippen MR) is 68.4 cm³/mol. The molecule has 0 aliphatic rings. The van der Waals surface area contributed by atoms with E-state index >= 15 is 0 Å². The summed E-state index contributed by atoms with van der Waals surface area (Å²) in [6.45, 7) is 3.81. The number of thiazole rings is 1. The van der Waals surface area contributed by atoms with Crippen LogP contribution in [0.25, 0.3) is 0 Å². The van der Waals surface area contributed by atoms with E-state index in [1.54, 1.807) is 5.51 Å². The van der Waals surface area contributed by atoms with Gasteiger partial charge in [-0.05, 0) is 19.9 Å². The van der Waals surface area contributed by atoms with Crippen LogP contribution in [0.5, 0.6) is 0 Å². The molecular formula is C13H14F2N2S. The number of aromatic nitrogens is 1. The second kappa shape index (κ2) is 5.54. The number of benzene rings is 1. The first-order chi connectivity index (χ1) is 8.58. The van der Waals surface area contributed by atoms with E-state index < -0.39 is 11.6 Å². The van der Waals surface area contributed by atoms with Crippen molar-refractivity contribution in [1.29, 1.82) is 0 Å². The highest BCUT2D eigenvalue weighted by atomic mass is 32.1. The molecule has 1 N–H and O–H groups in total. The van der Waals surface area contributed by atoms with E-state index in [-0.39, 0.29) is 12.1 Å². The van der Waals surface area contributed by atoms with Gasteiger partial charge in [0.2, 0.25) is 0 Å². The average molecular weight is 268 g/mol. The SMILES string of the molecule is CC(NC(C)c1ccc(F)cc1F)c1cscn1. The Morgan fingerprint density at radius 3 is 2.61 bits per heavy atom. The largest absolute Gasteiger partial charge is 0.302 e. The molecule has 1 aromatic carbocycles. The molecular weight excluding hydrogens is 254 g/mol. The molecule has 0 aliphatic carbocycles. The molecule has 2 aromatic rings. The van der Waals surface area contributed by atoms with Gasteiger partial charge in [0.1, 0.15) is 11.6 Å². The van der Waals surface area contributed by atoms with E-state index in [0.717, 1.165) is 11.8 Å². The predicted octanol–water partition coefficient (Wildman–Crippen LogP) is 3.83. The van der Waals surface area contributed by atoms with E-state index in [1.165, 1.54) is 23.5 Å². The Labute approximate surface area is 109 Å². The van der Waals surface area contributed by atoms with Crippen molar-refractivity contribution in [2.24, 2.45) is 0 Å². The molecule has 2 atom stereocenters. The summed E-state index contributed by atoms with van der Waals surface area (Å²) in [4.78, 5) is 4.20. The molecule has 1 heterocycles. The third kappa shape index (κ3) is 2.91. The molecule has 0 aliphatic heterocycles. The zero-order valence-corrected chi connectivity index (χ0v) is 11.0. The van der Waals surface area contributed by atoms with Crippen molar-refractivity contribution in [2.75, 3.05) is 0 Å². The van der Waals surface area contributed by atoms with Gasteiger partial charge in [-0.2, -0.15) is 0 Å². The Morgan fingerprint density at radius 1 is 1.22 bits per heavy atom. The first-order valence-corrected chi connectivity index (χ1v) is 6.61. The van der Waals surface area contributed by atoms with E-state index in [2.05, 4.69) is 10.3 Å². The lowest BCUT2D eigenvalue weighted by atomic mass is 10.1. The molecule has 2 rings (SSSR count). The molecule has 0 saturated heterocycles. The van der Waals surface area contributed by atoms with Crippen LogP contribution in [0.2, 0.25) is 0 Å². The van der Waals surface area contributed by atoms with Gasteiger partial charge in [0.25, 0.3) is 0 Å². The lowest BCUT2D eigenvalue weighted by Gasteiger charge is -2.19. The number of nitrogens with zero attached hydrogens (tertiary/aromatic N) is 1. The molecule has 0 radical (unpaired) electrons. The van der Waals surface area contributed by atoms with E-state index in [1.807, 2.05) is 19.2 Å². The van der Waals surface area contributed by atoms with E-state index in [0.29, 0.717) is 5.56 Å². The number of halogens is 2. The number of hydrogen-bond acceptors (Lipinski definition) is 3. The zero-order valence-electron chi connectivity index (χ0n) is 10.2. The van der Waals surface area contributed by atoms with Crippen LogP contribution >= 0.6 is 11.3 Å². The smallest absolute Gasteiger partial charge is 0.130 e. The summed E-state index contributed by atoms with van der Waals surface area (Å²) in [6, 6.07) is 3.46. The summed E-state index contributed by atoms with van der Waals surface area (Å²) >= 11 is 1.52. The van der Waals surface area contributed by atoms with E-state index in [9.17, 15) is 8.78 Å². The van der Waals surface area contributed by atoms with Gasteiger partial charge in [0.05, 0.1) is 11.2 Å². The number of rotatable bonds is 4. The Morgan fingerprint density at radius 2 is 2.00 bits per heavy atom. The molecule has 0 fully saturated rings. The summed E-state index contributed by atoms with van der Waals surface area (Å²) in [5.41, 5.74) is 3.14. The summed E-state index contributed by atoms with van der Waals surface area (Å²) in [6.07, 6.45) is 0. The molecule has 0 saturated carbocycles. The fourth-order valence-electron chi connectivity index (χ4n) is 1.84. The first-order valence-electron chi connectivity index (χ1n) is 5.67. The Hall–Kier alpha value is -1.33. The summed E-state index contributed by atoms with van der Waals surface area (Å²) in [5.74, 6) is -1.09. The zero-order chi connectivity index (χ0) is 13.1. The summed E-state index contributed by atoms with van der Waals surface area (Å²) in [7, 11) is 0. The van der Waals surface area contributed by atoms with Gasteiger partial charge in [-0.25, -0.2) is 13.8 Å². The van der Waals surface area contributed by atoms with Crippen LogP contribution in [-0.4, -0.2) is 4.98 Å². The van der Waals surface area contributed by atoms with Crippen molar-refractivity contribution >= 4 is 11.3 Å². The minimum atomic E-state index is -0.559. The monoisotopic (exact) mass is 268 g/mol. The molecule has 0 bridgehead atoms. The van der Waals surface area contributed by atoms with Crippen molar-refractivity contribution in [2.45, 2.75) is 25.9 Å². The fraction of sp³-hybridized carbons (Fsp3) is 0.308. The Balaban J connectivity index is 2.10. The molecule has 0 amide bonds. The summed E-state index contributed by atoms with van der Waals surface area (Å²) < 4.78 is 26.4. The van der Waals surface area contributed by atoms with Crippen molar-refractivity contribution in [3.63, 3.8) is 0 Å². The van der Waals surface area contributed by atoms with Gasteiger partial charge in [-0.1, -0.05) is 6.07 Å². The maximum atomic E-state index is 13.6. The standard InChI is InChI=1S/C13H14F2N2S/c1-8(11-4-3-10(14)5-12(11)15)17-9(2)13-6-18-7-16-13/h3-9,17H,1-2H3. The first kappa shape index (κ1) is 13.1. The van der Waals surface area contributed by atoms with E-state index in [4.69, 9.17) is 0 Å². The van der Waals surface area contributed by atoms with Crippen LogP contribution < -0.4 is 5.32 Å². The van der Waals surface area contributed by atoms with Crippen LogP contribution in [0, 0.1) is 11.6 Å². The molecule has 18 heavy (non-hydrogen) atoms. The molecule has 5 heteroatoms. The third-order valence-corrected chi connectivity index (χ3v) is 3.43. The van der Waals surface area contributed by atoms with Crippen LogP contribution in [0.15, 0.2) is 29.1 Å². The lowest BCUT2D eigenvalue weighted by molar-refractivity contribution is 0.465. The third-order valence-electron chi connectivity index (χ3n) is 2.82. The van der Waals surface area contributed by atoms with Gasteiger partial charge in [-0.3, -0.25) is 0 Å². The van der Waals surface area contributed by atoms with Gasteiger partial charge < -0.3 is 5.32 Å². The molecule has 1 aromatic heterocycles. The molecule has 96 valence electrons. The van der Waals surface area contributed by atoms with Gasteiger partial charge in [0.15, 0.2) is 0 Å². The normalized spacial score (nSPS) is 14.4. The Kier molecular flexibility index (Phi) is 4.04.